The van der Waals surface area contributed by atoms with Crippen molar-refractivity contribution in [3.8, 4) is 17.2 Å². The van der Waals surface area contributed by atoms with Crippen LogP contribution >= 0.6 is 0 Å². The summed E-state index contributed by atoms with van der Waals surface area (Å²) in [4.78, 5) is 25.3. The zero-order chi connectivity index (χ0) is 28.7. The molecule has 0 aliphatic carbocycles. The Balaban J connectivity index is 1.52. The van der Waals surface area contributed by atoms with Gasteiger partial charge < -0.3 is 28.1 Å². The fourth-order valence-corrected chi connectivity index (χ4v) is 4.87. The smallest absolute Gasteiger partial charge is 0.337 e. The fourth-order valence-electron chi connectivity index (χ4n) is 4.17. The molecule has 3 aromatic carbocycles. The molecule has 0 radical (unpaired) electrons. The number of ketones is 1. The molecule has 4 rings (SSSR count). The zero-order valence-electron chi connectivity index (χ0n) is 23.0. The van der Waals surface area contributed by atoms with Crippen LogP contribution in [0.1, 0.15) is 32.4 Å². The van der Waals surface area contributed by atoms with Gasteiger partial charge in [-0.2, -0.15) is 0 Å². The predicted octanol–water partition coefficient (Wildman–Crippen LogP) is 5.83. The third kappa shape index (κ3) is 7.68. The van der Waals surface area contributed by atoms with Crippen LogP contribution in [0, 0.1) is 11.7 Å². The van der Waals surface area contributed by atoms with Crippen molar-refractivity contribution in [2.75, 3.05) is 33.7 Å². The lowest BCUT2D eigenvalue weighted by Crippen LogP contribution is -2.35. The molecule has 0 spiro atoms. The summed E-state index contributed by atoms with van der Waals surface area (Å²) in [6.45, 7) is 7.32. The molecular weight excluding hydrogens is 535 g/mol. The van der Waals surface area contributed by atoms with Crippen molar-refractivity contribution in [3.05, 3.63) is 89.2 Å². The fraction of sp³-hybridized carbons (Fsp3) is 0.333. The molecule has 0 bridgehead atoms. The first-order valence-electron chi connectivity index (χ1n) is 12.9. The minimum absolute atomic E-state index is 0.0151. The van der Waals surface area contributed by atoms with Gasteiger partial charge in [0.05, 0.1) is 31.8 Å². The van der Waals surface area contributed by atoms with Crippen molar-refractivity contribution in [1.82, 2.24) is 0 Å². The number of carbonyl (C=O) groups is 2. The number of esters is 1. The average Bonchev–Trinajstić information content (AvgIpc) is 2.94. The van der Waals surface area contributed by atoms with Crippen LogP contribution < -0.4 is 14.2 Å². The second kappa shape index (κ2) is 13.1. The Morgan fingerprint density at radius 3 is 2.40 bits per heavy atom. The summed E-state index contributed by atoms with van der Waals surface area (Å²) in [5.41, 5.74) is 1.22. The summed E-state index contributed by atoms with van der Waals surface area (Å²) >= 11 is 0. The van der Waals surface area contributed by atoms with Crippen LogP contribution in [0.3, 0.4) is 0 Å². The highest BCUT2D eigenvalue weighted by molar-refractivity contribution is 6.69. The van der Waals surface area contributed by atoms with Crippen LogP contribution in [0.5, 0.6) is 17.2 Å². The molecule has 8 nitrogen and oxygen atoms in total. The number of hydrogen-bond donors (Lipinski definition) is 0. The van der Waals surface area contributed by atoms with Crippen LogP contribution in [-0.2, 0) is 13.9 Å². The third-order valence-corrected chi connectivity index (χ3v) is 7.20. The molecule has 10 heteroatoms. The van der Waals surface area contributed by atoms with Crippen molar-refractivity contribution in [2.24, 2.45) is 5.92 Å². The Labute approximate surface area is 234 Å². The lowest BCUT2D eigenvalue weighted by atomic mass is 9.86. The Hall–Kier alpha value is -3.73. The summed E-state index contributed by atoms with van der Waals surface area (Å²) < 4.78 is 47.9. The van der Waals surface area contributed by atoms with E-state index in [4.69, 9.17) is 28.1 Å². The van der Waals surface area contributed by atoms with E-state index in [-0.39, 0.29) is 24.7 Å². The standard InChI is InChI=1S/C30H33FO8Si/c1-34-30(33)20-8-10-23(11-9-20)39-29-25-13-12-24(37-19-35-14-15-38-40(2,3)4)17-27(25)36-18-26(29)28(32)21-6-5-7-22(31)16-21/h5-13,16-17,26,29H,14-15,18-19H2,1-4H3. The monoisotopic (exact) mass is 568 g/mol. The van der Waals surface area contributed by atoms with Gasteiger partial charge in [-0.05, 0) is 68.2 Å². The van der Waals surface area contributed by atoms with Crippen LogP contribution in [0.4, 0.5) is 4.39 Å². The zero-order valence-corrected chi connectivity index (χ0v) is 24.0. The third-order valence-electron chi connectivity index (χ3n) is 6.13. The summed E-state index contributed by atoms with van der Waals surface area (Å²) in [6, 6.07) is 17.2. The second-order valence-corrected chi connectivity index (χ2v) is 14.7. The number of benzene rings is 3. The van der Waals surface area contributed by atoms with Crippen molar-refractivity contribution in [1.29, 1.82) is 0 Å². The molecule has 0 N–H and O–H groups in total. The van der Waals surface area contributed by atoms with E-state index in [0.717, 1.165) is 0 Å². The van der Waals surface area contributed by atoms with Crippen molar-refractivity contribution in [2.45, 2.75) is 25.7 Å². The molecule has 212 valence electrons. The maximum absolute atomic E-state index is 13.9. The van der Waals surface area contributed by atoms with E-state index in [1.54, 1.807) is 48.5 Å². The van der Waals surface area contributed by atoms with E-state index < -0.39 is 32.1 Å². The lowest BCUT2D eigenvalue weighted by molar-refractivity contribution is 0.00114. The Bertz CT molecular complexity index is 1320. The first-order valence-corrected chi connectivity index (χ1v) is 16.3. The molecule has 3 aromatic rings. The van der Waals surface area contributed by atoms with Crippen molar-refractivity contribution < 1.29 is 42.1 Å². The highest BCUT2D eigenvalue weighted by Crippen LogP contribution is 2.41. The van der Waals surface area contributed by atoms with E-state index in [1.165, 1.54) is 25.3 Å². The highest BCUT2D eigenvalue weighted by Gasteiger charge is 2.38. The Morgan fingerprint density at radius 1 is 0.950 bits per heavy atom. The molecule has 0 fully saturated rings. The van der Waals surface area contributed by atoms with Crippen molar-refractivity contribution >= 4 is 20.1 Å². The van der Waals surface area contributed by atoms with Gasteiger partial charge in [0.15, 0.2) is 20.9 Å². The summed E-state index contributed by atoms with van der Waals surface area (Å²) in [5.74, 6) is -0.569. The topological polar surface area (TPSA) is 89.5 Å². The summed E-state index contributed by atoms with van der Waals surface area (Å²) in [5, 5.41) is 0. The first kappa shape index (κ1) is 29.3. The Kier molecular flexibility index (Phi) is 9.57. The average molecular weight is 569 g/mol. The number of rotatable bonds is 12. The molecule has 2 unspecified atom stereocenters. The van der Waals surface area contributed by atoms with Gasteiger partial charge in [0.1, 0.15) is 35.8 Å². The molecule has 1 aliphatic heterocycles. The van der Waals surface area contributed by atoms with Crippen LogP contribution in [0.2, 0.25) is 19.6 Å². The number of fused-ring (bicyclic) bond motifs is 1. The number of hydrogen-bond acceptors (Lipinski definition) is 8. The first-order chi connectivity index (χ1) is 19.1. The van der Waals surface area contributed by atoms with Gasteiger partial charge in [-0.1, -0.05) is 12.1 Å². The van der Waals surface area contributed by atoms with E-state index in [2.05, 4.69) is 19.6 Å². The second-order valence-electron chi connectivity index (χ2n) is 10.2. The molecule has 2 atom stereocenters. The molecule has 1 heterocycles. The molecule has 1 aliphatic rings. The van der Waals surface area contributed by atoms with Gasteiger partial charge in [-0.25, -0.2) is 9.18 Å². The van der Waals surface area contributed by atoms with Gasteiger partial charge in [0.2, 0.25) is 0 Å². The summed E-state index contributed by atoms with van der Waals surface area (Å²) in [7, 11) is -0.286. The predicted molar refractivity (Wildman–Crippen MR) is 148 cm³/mol. The molecule has 0 amide bonds. The van der Waals surface area contributed by atoms with Crippen molar-refractivity contribution in [3.63, 3.8) is 0 Å². The van der Waals surface area contributed by atoms with Gasteiger partial charge in [0, 0.05) is 17.2 Å². The van der Waals surface area contributed by atoms with E-state index in [9.17, 15) is 14.0 Å². The molecule has 0 aromatic heterocycles. The lowest BCUT2D eigenvalue weighted by Gasteiger charge is -2.33. The highest BCUT2D eigenvalue weighted by atomic mass is 28.4. The van der Waals surface area contributed by atoms with Gasteiger partial charge in [-0.15, -0.1) is 0 Å². The van der Waals surface area contributed by atoms with Crippen LogP contribution in [0.15, 0.2) is 66.7 Å². The number of ether oxygens (including phenoxy) is 5. The van der Waals surface area contributed by atoms with Gasteiger partial charge in [-0.3, -0.25) is 4.79 Å². The number of methoxy groups -OCH3 is 1. The summed E-state index contributed by atoms with van der Waals surface area (Å²) in [6.07, 6.45) is -0.743. The van der Waals surface area contributed by atoms with Gasteiger partial charge in [0.25, 0.3) is 0 Å². The van der Waals surface area contributed by atoms with Crippen LogP contribution in [-0.4, -0.2) is 53.8 Å². The number of halogens is 1. The minimum Gasteiger partial charge on any atom is -0.492 e. The van der Waals surface area contributed by atoms with E-state index in [1.807, 2.05) is 0 Å². The minimum atomic E-state index is -1.59. The SMILES string of the molecule is COC(=O)c1ccc(OC2c3ccc(OCOCCO[Si](C)(C)C)cc3OCC2C(=O)c2cccc(F)c2)cc1. The van der Waals surface area contributed by atoms with E-state index >= 15 is 0 Å². The quantitative estimate of drug-likeness (QED) is 0.0887. The molecule has 0 saturated carbocycles. The van der Waals surface area contributed by atoms with Crippen LogP contribution in [0.25, 0.3) is 0 Å². The largest absolute Gasteiger partial charge is 0.492 e. The molecule has 40 heavy (non-hydrogen) atoms. The molecular formula is C30H33FO8Si. The number of carbonyl (C=O) groups excluding carboxylic acids is 2. The number of Topliss-reactive ketones (excluding diaryl/α,β-unsaturated/α-hetero) is 1. The Morgan fingerprint density at radius 2 is 1.70 bits per heavy atom. The normalized spacial score (nSPS) is 16.4. The van der Waals surface area contributed by atoms with E-state index in [0.29, 0.717) is 41.6 Å². The molecule has 0 saturated heterocycles. The maximum atomic E-state index is 13.9. The van der Waals surface area contributed by atoms with Gasteiger partial charge >= 0.3 is 5.97 Å². The maximum Gasteiger partial charge on any atom is 0.337 e.